The quantitative estimate of drug-likeness (QED) is 0.776. The maximum atomic E-state index is 11.6. The fourth-order valence-electron chi connectivity index (χ4n) is 2.08. The lowest BCUT2D eigenvalue weighted by Gasteiger charge is -2.32. The Labute approximate surface area is 94.9 Å². The first-order valence-electron chi connectivity index (χ1n) is 5.78. The number of nitrogens with zero attached hydrogens (tertiary/aromatic N) is 3. The van der Waals surface area contributed by atoms with Crippen molar-refractivity contribution < 1.29 is 0 Å². The molecule has 0 aliphatic carbocycles. The Morgan fingerprint density at radius 3 is 3.06 bits per heavy atom. The summed E-state index contributed by atoms with van der Waals surface area (Å²) in [5, 5.41) is 4.12. The van der Waals surface area contributed by atoms with E-state index >= 15 is 0 Å². The van der Waals surface area contributed by atoms with Gasteiger partial charge in [-0.1, -0.05) is 0 Å². The minimum atomic E-state index is -0.0425. The van der Waals surface area contributed by atoms with Gasteiger partial charge in [-0.15, -0.1) is 0 Å². The fraction of sp³-hybridized carbons (Fsp3) is 0.636. The molecular weight excluding hydrogens is 204 g/mol. The first-order chi connectivity index (χ1) is 7.70. The first kappa shape index (κ1) is 11.1. The van der Waals surface area contributed by atoms with Crippen LogP contribution in [0.3, 0.4) is 0 Å². The topological polar surface area (TPSA) is 64.2 Å². The van der Waals surface area contributed by atoms with Crippen molar-refractivity contribution in [3.63, 3.8) is 0 Å². The van der Waals surface area contributed by atoms with E-state index in [-0.39, 0.29) is 11.6 Å². The number of nitrogens with two attached hydrogens (primary N) is 1. The van der Waals surface area contributed by atoms with Crippen LogP contribution in [0, 0.1) is 0 Å². The number of anilines is 1. The normalized spacial score (nSPS) is 21.1. The third kappa shape index (κ3) is 2.24. The van der Waals surface area contributed by atoms with Crippen LogP contribution in [-0.2, 0) is 6.54 Å². The zero-order valence-corrected chi connectivity index (χ0v) is 9.59. The molecule has 5 heteroatoms. The van der Waals surface area contributed by atoms with E-state index in [1.54, 1.807) is 12.3 Å². The van der Waals surface area contributed by atoms with Gasteiger partial charge in [0.2, 0.25) is 0 Å². The second kappa shape index (κ2) is 4.65. The van der Waals surface area contributed by atoms with Crippen LogP contribution in [0.5, 0.6) is 0 Å². The molecule has 16 heavy (non-hydrogen) atoms. The van der Waals surface area contributed by atoms with Crippen LogP contribution in [-0.4, -0.2) is 28.9 Å². The summed E-state index contributed by atoms with van der Waals surface area (Å²) in [5.74, 6) is 0. The van der Waals surface area contributed by atoms with Crippen LogP contribution >= 0.6 is 0 Å². The van der Waals surface area contributed by atoms with E-state index in [0.717, 1.165) is 31.6 Å². The molecule has 0 radical (unpaired) electrons. The highest BCUT2D eigenvalue weighted by Gasteiger charge is 2.17. The van der Waals surface area contributed by atoms with Gasteiger partial charge in [0, 0.05) is 31.7 Å². The van der Waals surface area contributed by atoms with Crippen LogP contribution in [0.25, 0.3) is 0 Å². The summed E-state index contributed by atoms with van der Waals surface area (Å²) in [4.78, 5) is 13.8. The van der Waals surface area contributed by atoms with Gasteiger partial charge in [0.15, 0.2) is 0 Å². The molecule has 1 aromatic rings. The van der Waals surface area contributed by atoms with Gasteiger partial charge in [-0.25, -0.2) is 4.68 Å². The summed E-state index contributed by atoms with van der Waals surface area (Å²) in [7, 11) is 0. The second-order valence-corrected chi connectivity index (χ2v) is 4.22. The highest BCUT2D eigenvalue weighted by Crippen LogP contribution is 2.16. The van der Waals surface area contributed by atoms with Crippen molar-refractivity contribution in [3.05, 3.63) is 22.6 Å². The molecular formula is C11H18N4O. The van der Waals surface area contributed by atoms with Crippen molar-refractivity contribution in [2.45, 2.75) is 32.4 Å². The first-order valence-corrected chi connectivity index (χ1v) is 5.78. The fourth-order valence-corrected chi connectivity index (χ4v) is 2.08. The van der Waals surface area contributed by atoms with Gasteiger partial charge in [0.25, 0.3) is 5.56 Å². The van der Waals surface area contributed by atoms with Gasteiger partial charge >= 0.3 is 0 Å². The summed E-state index contributed by atoms with van der Waals surface area (Å²) < 4.78 is 1.45. The van der Waals surface area contributed by atoms with Gasteiger partial charge in [0.1, 0.15) is 0 Å². The maximum Gasteiger partial charge on any atom is 0.268 e. The van der Waals surface area contributed by atoms with Gasteiger partial charge in [-0.3, -0.25) is 4.79 Å². The Morgan fingerprint density at radius 1 is 1.62 bits per heavy atom. The second-order valence-electron chi connectivity index (χ2n) is 4.22. The van der Waals surface area contributed by atoms with E-state index in [1.165, 1.54) is 4.68 Å². The summed E-state index contributed by atoms with van der Waals surface area (Å²) >= 11 is 0. The van der Waals surface area contributed by atoms with Crippen LogP contribution in [0.1, 0.15) is 19.8 Å². The molecule has 1 fully saturated rings. The van der Waals surface area contributed by atoms with E-state index in [1.807, 2.05) is 6.92 Å². The van der Waals surface area contributed by atoms with E-state index in [2.05, 4.69) is 10.00 Å². The highest BCUT2D eigenvalue weighted by molar-refractivity contribution is 5.43. The molecule has 1 aliphatic heterocycles. The van der Waals surface area contributed by atoms with Crippen molar-refractivity contribution in [2.24, 2.45) is 5.73 Å². The molecule has 0 aromatic carbocycles. The molecule has 0 bridgehead atoms. The van der Waals surface area contributed by atoms with Gasteiger partial charge in [0.05, 0.1) is 11.9 Å². The molecule has 0 saturated carbocycles. The average Bonchev–Trinajstić information content (AvgIpc) is 2.29. The Bertz CT molecular complexity index is 415. The van der Waals surface area contributed by atoms with Crippen molar-refractivity contribution >= 4 is 5.69 Å². The summed E-state index contributed by atoms with van der Waals surface area (Å²) in [6.45, 7) is 4.30. The van der Waals surface area contributed by atoms with Crippen molar-refractivity contribution in [2.75, 3.05) is 18.0 Å². The molecule has 0 amide bonds. The minimum Gasteiger partial charge on any atom is -0.369 e. The third-order valence-corrected chi connectivity index (χ3v) is 2.98. The van der Waals surface area contributed by atoms with Crippen LogP contribution in [0.15, 0.2) is 17.1 Å². The van der Waals surface area contributed by atoms with E-state index in [0.29, 0.717) is 6.54 Å². The predicted molar refractivity (Wildman–Crippen MR) is 63.6 cm³/mol. The minimum absolute atomic E-state index is 0.0425. The zero-order valence-electron chi connectivity index (χ0n) is 9.59. The lowest BCUT2D eigenvalue weighted by molar-refractivity contribution is 0.503. The SMILES string of the molecule is CCn1ncc(N2CCC[C@@H](N)C2)cc1=O. The number of hydrogen-bond donors (Lipinski definition) is 1. The van der Waals surface area contributed by atoms with Crippen molar-refractivity contribution in [3.8, 4) is 0 Å². The van der Waals surface area contributed by atoms with Crippen LogP contribution in [0.2, 0.25) is 0 Å². The third-order valence-electron chi connectivity index (χ3n) is 2.98. The van der Waals surface area contributed by atoms with Crippen molar-refractivity contribution in [1.29, 1.82) is 0 Å². The number of piperidine rings is 1. The van der Waals surface area contributed by atoms with E-state index < -0.39 is 0 Å². The Balaban J connectivity index is 2.20. The van der Waals surface area contributed by atoms with E-state index in [9.17, 15) is 4.79 Å². The predicted octanol–water partition coefficient (Wildman–Crippen LogP) is 0.191. The number of aromatic nitrogens is 2. The standard InChI is InChI=1S/C11H18N4O/c1-2-15-11(16)6-10(7-13-15)14-5-3-4-9(12)8-14/h6-7,9H,2-5,8,12H2,1H3/t9-/m1/s1. The molecule has 2 rings (SSSR count). The highest BCUT2D eigenvalue weighted by atomic mass is 16.1. The Morgan fingerprint density at radius 2 is 2.44 bits per heavy atom. The summed E-state index contributed by atoms with van der Waals surface area (Å²) in [6, 6.07) is 1.86. The molecule has 2 N–H and O–H groups in total. The molecule has 1 saturated heterocycles. The Kier molecular flexibility index (Phi) is 3.24. The molecule has 1 atom stereocenters. The van der Waals surface area contributed by atoms with Crippen LogP contribution < -0.4 is 16.2 Å². The molecule has 0 spiro atoms. The lowest BCUT2D eigenvalue weighted by Crippen LogP contribution is -2.43. The van der Waals surface area contributed by atoms with Gasteiger partial charge in [-0.05, 0) is 19.8 Å². The monoisotopic (exact) mass is 222 g/mol. The molecule has 5 nitrogen and oxygen atoms in total. The maximum absolute atomic E-state index is 11.6. The van der Waals surface area contributed by atoms with Gasteiger partial charge < -0.3 is 10.6 Å². The molecule has 0 unspecified atom stereocenters. The number of rotatable bonds is 2. The number of aryl methyl sites for hydroxylation is 1. The van der Waals surface area contributed by atoms with Crippen LogP contribution in [0.4, 0.5) is 5.69 Å². The molecule has 88 valence electrons. The average molecular weight is 222 g/mol. The van der Waals surface area contributed by atoms with Crippen molar-refractivity contribution in [1.82, 2.24) is 9.78 Å². The molecule has 1 aliphatic rings. The summed E-state index contributed by atoms with van der Waals surface area (Å²) in [6.07, 6.45) is 3.90. The van der Waals surface area contributed by atoms with E-state index in [4.69, 9.17) is 5.73 Å². The van der Waals surface area contributed by atoms with Gasteiger partial charge in [-0.2, -0.15) is 5.10 Å². The molecule has 1 aromatic heterocycles. The molecule has 2 heterocycles. The number of hydrogen-bond acceptors (Lipinski definition) is 4. The smallest absolute Gasteiger partial charge is 0.268 e. The lowest BCUT2D eigenvalue weighted by atomic mass is 10.1. The zero-order chi connectivity index (χ0) is 11.5. The summed E-state index contributed by atoms with van der Waals surface area (Å²) in [5.41, 5.74) is 6.76. The largest absolute Gasteiger partial charge is 0.369 e. The Hall–Kier alpha value is -1.36.